The topological polar surface area (TPSA) is 147 Å². The minimum Gasteiger partial charge on any atom is -0.460 e. The molecule has 1 saturated heterocycles. The highest BCUT2D eigenvalue weighted by Crippen LogP contribution is 2.35. The molecule has 10 nitrogen and oxygen atoms in total. The molecule has 4 atom stereocenters. The lowest BCUT2D eigenvalue weighted by Gasteiger charge is -2.15. The highest BCUT2D eigenvalue weighted by atomic mass is 32.2. The summed E-state index contributed by atoms with van der Waals surface area (Å²) in [4.78, 5) is 21.3. The lowest BCUT2D eigenvalue weighted by Crippen LogP contribution is -2.22. The van der Waals surface area contributed by atoms with Gasteiger partial charge in [0.2, 0.25) is 5.78 Å². The first-order valence-corrected chi connectivity index (χ1v) is 11.8. The molecule has 31 heavy (non-hydrogen) atoms. The van der Waals surface area contributed by atoms with E-state index >= 15 is 0 Å². The third-order valence-corrected chi connectivity index (χ3v) is 6.40. The smallest absolute Gasteiger partial charge is 0.333 e. The van der Waals surface area contributed by atoms with Crippen molar-refractivity contribution in [3.05, 3.63) is 41.7 Å². The van der Waals surface area contributed by atoms with Gasteiger partial charge in [-0.2, -0.15) is 8.42 Å². The Morgan fingerprint density at radius 3 is 2.97 bits per heavy atom. The molecule has 2 fully saturated rings. The van der Waals surface area contributed by atoms with Crippen LogP contribution in [0.15, 0.2) is 29.3 Å². The molecule has 0 bridgehead atoms. The van der Waals surface area contributed by atoms with Gasteiger partial charge in [0.15, 0.2) is 5.76 Å². The van der Waals surface area contributed by atoms with Crippen molar-refractivity contribution in [2.75, 3.05) is 18.5 Å². The van der Waals surface area contributed by atoms with E-state index in [-0.39, 0.29) is 42.1 Å². The van der Waals surface area contributed by atoms with Gasteiger partial charge in [0.1, 0.15) is 12.1 Å². The van der Waals surface area contributed by atoms with Crippen LogP contribution in [0.5, 0.6) is 0 Å². The number of anilines is 1. The molecule has 1 unspecified atom stereocenters. The second-order valence-corrected chi connectivity index (χ2v) is 9.41. The Morgan fingerprint density at radius 1 is 1.39 bits per heavy atom. The summed E-state index contributed by atoms with van der Waals surface area (Å²) >= 11 is 0. The average Bonchev–Trinajstić information content (AvgIpc) is 3.47. The molecular weight excluding hydrogens is 424 g/mol. The highest BCUT2D eigenvalue weighted by molar-refractivity contribution is 7.84. The zero-order valence-electron chi connectivity index (χ0n) is 17.2. The number of ether oxygens (including phenoxy) is 1. The molecule has 2 aromatic rings. The molecule has 4 rings (SSSR count). The molecule has 2 aromatic heterocycles. The fourth-order valence-electron chi connectivity index (χ4n) is 4.28. The van der Waals surface area contributed by atoms with Crippen molar-refractivity contribution < 1.29 is 26.5 Å². The maximum Gasteiger partial charge on any atom is 0.333 e. The minimum absolute atomic E-state index is 0.00424. The number of nitrogens with one attached hydrogen (secondary N) is 1. The molecule has 1 aliphatic carbocycles. The molecule has 0 amide bonds. The normalized spacial score (nSPS) is 26.3. The van der Waals surface area contributed by atoms with Crippen LogP contribution in [0.1, 0.15) is 60.4 Å². The summed E-state index contributed by atoms with van der Waals surface area (Å²) in [6.45, 7) is 2.77. The van der Waals surface area contributed by atoms with Crippen LogP contribution in [0.3, 0.4) is 0 Å². The van der Waals surface area contributed by atoms with Gasteiger partial charge in [0.05, 0.1) is 24.5 Å². The SMILES string of the molecule is C[C@H]1C[C@H](Nc2ncncc2C(=O)c2cc(C3CCCO3)co2)C[C@@H]1COS(N)(=O)=O. The van der Waals surface area contributed by atoms with Gasteiger partial charge in [-0.3, -0.25) is 8.98 Å². The molecule has 1 aliphatic heterocycles. The standard InChI is InChI=1S/C20H26N4O6S/c1-12-5-15(6-13(12)10-30-31(21,26)27)24-20-16(8-22-11-23-20)19(25)18-7-14(9-29-18)17-3-2-4-28-17/h7-9,11-13,15,17H,2-6,10H2,1H3,(H2,21,26,27)(H,22,23,24)/t12-,13+,15-,17?/m0/s1. The quantitative estimate of drug-likeness (QED) is 0.578. The number of carbonyl (C=O) groups excluding carboxylic acids is 1. The van der Waals surface area contributed by atoms with Gasteiger partial charge in [-0.15, -0.1) is 0 Å². The van der Waals surface area contributed by atoms with Crippen molar-refractivity contribution in [2.24, 2.45) is 17.0 Å². The number of hydrogen-bond acceptors (Lipinski definition) is 9. The number of ketones is 1. The fourth-order valence-corrected chi connectivity index (χ4v) is 4.65. The first-order chi connectivity index (χ1) is 14.8. The van der Waals surface area contributed by atoms with Crippen LogP contribution < -0.4 is 10.5 Å². The second kappa shape index (κ2) is 9.03. The predicted octanol–water partition coefficient (Wildman–Crippen LogP) is 2.20. The van der Waals surface area contributed by atoms with Crippen molar-refractivity contribution >= 4 is 21.9 Å². The summed E-state index contributed by atoms with van der Waals surface area (Å²) in [7, 11) is -3.97. The largest absolute Gasteiger partial charge is 0.460 e. The number of aromatic nitrogens is 2. The van der Waals surface area contributed by atoms with Crippen LogP contribution in [0, 0.1) is 11.8 Å². The molecule has 3 N–H and O–H groups in total. The van der Waals surface area contributed by atoms with Crippen molar-refractivity contribution in [3.63, 3.8) is 0 Å². The summed E-state index contributed by atoms with van der Waals surface area (Å²) in [5, 5.41) is 8.24. The Morgan fingerprint density at radius 2 is 2.23 bits per heavy atom. The van der Waals surface area contributed by atoms with E-state index in [0.717, 1.165) is 24.8 Å². The molecule has 11 heteroatoms. The first-order valence-electron chi connectivity index (χ1n) is 10.3. The van der Waals surface area contributed by atoms with E-state index < -0.39 is 10.3 Å². The van der Waals surface area contributed by atoms with Gasteiger partial charge < -0.3 is 14.5 Å². The molecule has 1 saturated carbocycles. The van der Waals surface area contributed by atoms with Gasteiger partial charge in [-0.05, 0) is 43.6 Å². The van der Waals surface area contributed by atoms with Crippen LogP contribution in [-0.4, -0.2) is 43.4 Å². The van der Waals surface area contributed by atoms with Gasteiger partial charge in [0, 0.05) is 24.4 Å². The number of rotatable bonds is 8. The lowest BCUT2D eigenvalue weighted by molar-refractivity contribution is 0.101. The second-order valence-electron chi connectivity index (χ2n) is 8.19. The third kappa shape index (κ3) is 5.29. The first kappa shape index (κ1) is 21.9. The zero-order valence-corrected chi connectivity index (χ0v) is 18.0. The number of hydrogen-bond donors (Lipinski definition) is 2. The Balaban J connectivity index is 1.45. The molecule has 0 aromatic carbocycles. The Bertz CT molecular complexity index is 1030. The van der Waals surface area contributed by atoms with E-state index in [2.05, 4.69) is 15.3 Å². The summed E-state index contributed by atoms with van der Waals surface area (Å²) in [5.74, 6) is 0.561. The fraction of sp³-hybridized carbons (Fsp3) is 0.550. The summed E-state index contributed by atoms with van der Waals surface area (Å²) < 4.78 is 38.1. The molecular formula is C20H26N4O6S. The van der Waals surface area contributed by atoms with Gasteiger partial charge in [-0.1, -0.05) is 6.92 Å². The number of nitrogens with zero attached hydrogens (tertiary/aromatic N) is 2. The summed E-state index contributed by atoms with van der Waals surface area (Å²) in [6.07, 6.45) is 7.71. The predicted molar refractivity (Wildman–Crippen MR) is 110 cm³/mol. The van der Waals surface area contributed by atoms with Crippen molar-refractivity contribution in [1.29, 1.82) is 0 Å². The van der Waals surface area contributed by atoms with Gasteiger partial charge in [-0.25, -0.2) is 15.1 Å². The van der Waals surface area contributed by atoms with Gasteiger partial charge in [0.25, 0.3) is 0 Å². The Hall–Kier alpha value is -2.34. The van der Waals surface area contributed by atoms with Crippen LogP contribution in [0.4, 0.5) is 5.82 Å². The maximum atomic E-state index is 13.1. The van der Waals surface area contributed by atoms with Crippen molar-refractivity contribution in [1.82, 2.24) is 9.97 Å². The van der Waals surface area contributed by atoms with Crippen LogP contribution in [-0.2, 0) is 19.2 Å². The van der Waals surface area contributed by atoms with E-state index in [1.54, 1.807) is 12.3 Å². The number of furan rings is 1. The summed E-state index contributed by atoms with van der Waals surface area (Å²) in [6, 6.07) is 1.72. The van der Waals surface area contributed by atoms with E-state index in [4.69, 9.17) is 18.5 Å². The van der Waals surface area contributed by atoms with E-state index in [1.807, 2.05) is 6.92 Å². The van der Waals surface area contributed by atoms with Crippen LogP contribution in [0.25, 0.3) is 0 Å². The van der Waals surface area contributed by atoms with E-state index in [1.165, 1.54) is 12.5 Å². The van der Waals surface area contributed by atoms with Gasteiger partial charge >= 0.3 is 10.3 Å². The highest BCUT2D eigenvalue weighted by Gasteiger charge is 2.33. The summed E-state index contributed by atoms with van der Waals surface area (Å²) in [5.41, 5.74) is 1.17. The Kier molecular flexibility index (Phi) is 6.37. The number of carbonyl (C=O) groups is 1. The van der Waals surface area contributed by atoms with Crippen LogP contribution in [0.2, 0.25) is 0 Å². The third-order valence-electron chi connectivity index (χ3n) is 5.94. The van der Waals surface area contributed by atoms with Crippen molar-refractivity contribution in [2.45, 2.75) is 44.8 Å². The lowest BCUT2D eigenvalue weighted by atomic mass is 10.00. The molecule has 2 aliphatic rings. The molecule has 0 spiro atoms. The van der Waals surface area contributed by atoms with Crippen LogP contribution >= 0.6 is 0 Å². The zero-order chi connectivity index (χ0) is 22.0. The van der Waals surface area contributed by atoms with E-state index in [0.29, 0.717) is 24.4 Å². The van der Waals surface area contributed by atoms with E-state index in [9.17, 15) is 13.2 Å². The minimum atomic E-state index is -3.97. The maximum absolute atomic E-state index is 13.1. The Labute approximate surface area is 180 Å². The molecule has 0 radical (unpaired) electrons. The molecule has 3 heterocycles. The number of nitrogens with two attached hydrogens (primary N) is 1. The van der Waals surface area contributed by atoms with Crippen molar-refractivity contribution in [3.8, 4) is 0 Å². The molecule has 168 valence electrons. The average molecular weight is 451 g/mol. The monoisotopic (exact) mass is 450 g/mol.